The molecule has 2 aromatic rings. The van der Waals surface area contributed by atoms with E-state index in [1.807, 2.05) is 19.1 Å². The Hall–Kier alpha value is -2.14. The monoisotopic (exact) mass is 403 g/mol. The summed E-state index contributed by atoms with van der Waals surface area (Å²) in [7, 11) is 1.44. The molecule has 0 bridgehead atoms. The number of ketones is 1. The Labute approximate surface area is 156 Å². The molecule has 0 saturated heterocycles. The number of benzene rings is 2. The predicted molar refractivity (Wildman–Crippen MR) is 102 cm³/mol. The Morgan fingerprint density at radius 1 is 1.16 bits per heavy atom. The van der Waals surface area contributed by atoms with E-state index in [1.54, 1.807) is 12.1 Å². The van der Waals surface area contributed by atoms with Gasteiger partial charge in [-0.1, -0.05) is 41.1 Å². The van der Waals surface area contributed by atoms with Crippen LogP contribution in [0, 0.1) is 13.8 Å². The number of aryl methyl sites for hydroxylation is 3. The minimum absolute atomic E-state index is 0.200. The highest BCUT2D eigenvalue weighted by Gasteiger charge is 2.20. The minimum Gasteiger partial charge on any atom is -0.489 e. The Morgan fingerprint density at radius 2 is 1.88 bits per heavy atom. The molecule has 1 N–H and O–H groups in total. The zero-order chi connectivity index (χ0) is 18.6. The molecule has 2 rings (SSSR count). The van der Waals surface area contributed by atoms with Crippen molar-refractivity contribution in [3.8, 4) is 5.75 Å². The molecule has 0 aliphatic heterocycles. The number of hydrogen-bond donors (Lipinski definition) is 1. The molecule has 0 spiro atoms. The molecule has 0 heterocycles. The first-order chi connectivity index (χ1) is 11.9. The van der Waals surface area contributed by atoms with Gasteiger partial charge in [0, 0.05) is 22.6 Å². The van der Waals surface area contributed by atoms with Crippen LogP contribution in [0.1, 0.15) is 39.5 Å². The van der Waals surface area contributed by atoms with Gasteiger partial charge in [0.05, 0.1) is 0 Å². The van der Waals surface area contributed by atoms with Crippen molar-refractivity contribution < 1.29 is 14.3 Å². The molecule has 0 atom stereocenters. The first-order valence-electron chi connectivity index (χ1n) is 8.15. The van der Waals surface area contributed by atoms with Crippen LogP contribution in [0.15, 0.2) is 34.8 Å². The quantitative estimate of drug-likeness (QED) is 0.582. The third kappa shape index (κ3) is 4.28. The molecule has 1 amide bonds. The maximum Gasteiger partial charge on any atom is 0.292 e. The van der Waals surface area contributed by atoms with Crippen molar-refractivity contribution in [1.29, 1.82) is 0 Å². The highest BCUT2D eigenvalue weighted by molar-refractivity contribution is 9.10. The zero-order valence-electron chi connectivity index (χ0n) is 14.9. The van der Waals surface area contributed by atoms with Crippen molar-refractivity contribution in [3.05, 3.63) is 62.6 Å². The van der Waals surface area contributed by atoms with E-state index in [9.17, 15) is 9.59 Å². The summed E-state index contributed by atoms with van der Waals surface area (Å²) >= 11 is 3.45. The third-order valence-electron chi connectivity index (χ3n) is 4.18. The number of ether oxygens (including phenoxy) is 1. The Morgan fingerprint density at radius 3 is 2.52 bits per heavy atom. The van der Waals surface area contributed by atoms with Crippen molar-refractivity contribution in [1.82, 2.24) is 5.32 Å². The molecule has 0 unspecified atom stereocenters. The van der Waals surface area contributed by atoms with Gasteiger partial charge < -0.3 is 10.1 Å². The normalized spacial score (nSPS) is 10.4. The Bertz CT molecular complexity index is 815. The molecule has 25 heavy (non-hydrogen) atoms. The molecule has 0 radical (unpaired) electrons. The van der Waals surface area contributed by atoms with E-state index in [-0.39, 0.29) is 6.61 Å². The van der Waals surface area contributed by atoms with Crippen LogP contribution in [-0.4, -0.2) is 18.7 Å². The minimum atomic E-state index is -0.640. The zero-order valence-corrected chi connectivity index (χ0v) is 16.5. The van der Waals surface area contributed by atoms with Crippen LogP contribution >= 0.6 is 15.9 Å². The summed E-state index contributed by atoms with van der Waals surface area (Å²) in [6, 6.07) is 9.35. The molecule has 4 nitrogen and oxygen atoms in total. The second-order valence-corrected chi connectivity index (χ2v) is 6.71. The van der Waals surface area contributed by atoms with Gasteiger partial charge in [0.2, 0.25) is 0 Å². The van der Waals surface area contributed by atoms with Gasteiger partial charge in [-0.15, -0.1) is 0 Å². The lowest BCUT2D eigenvalue weighted by Crippen LogP contribution is -2.28. The van der Waals surface area contributed by atoms with Crippen LogP contribution in [0.2, 0.25) is 0 Å². The van der Waals surface area contributed by atoms with E-state index < -0.39 is 11.7 Å². The molecule has 0 aliphatic rings. The van der Waals surface area contributed by atoms with Crippen molar-refractivity contribution in [2.75, 3.05) is 7.05 Å². The number of Topliss-reactive ketones (excluding diaryl/α,β-unsaturated/α-hetero) is 1. The number of rotatable bonds is 6. The summed E-state index contributed by atoms with van der Waals surface area (Å²) in [5, 5.41) is 2.37. The molecular weight excluding hydrogens is 382 g/mol. The van der Waals surface area contributed by atoms with Crippen LogP contribution in [0.3, 0.4) is 0 Å². The number of hydrogen-bond acceptors (Lipinski definition) is 3. The van der Waals surface area contributed by atoms with Gasteiger partial charge in [-0.3, -0.25) is 9.59 Å². The maximum absolute atomic E-state index is 12.3. The molecule has 0 fully saturated rings. The largest absolute Gasteiger partial charge is 0.489 e. The van der Waals surface area contributed by atoms with Gasteiger partial charge in [0.25, 0.3) is 11.7 Å². The standard InChI is InChI=1S/C20H22BrNO3/c1-5-14-9-13(3)18(10-12(14)2)25-11-16-15(7-6-8-17(16)21)19(23)20(24)22-4/h6-10H,5,11H2,1-4H3,(H,22,24). The summed E-state index contributed by atoms with van der Waals surface area (Å²) in [6.45, 7) is 6.39. The summed E-state index contributed by atoms with van der Waals surface area (Å²) in [4.78, 5) is 24.0. The fourth-order valence-electron chi connectivity index (χ4n) is 2.69. The van der Waals surface area contributed by atoms with Gasteiger partial charge in [0.1, 0.15) is 12.4 Å². The van der Waals surface area contributed by atoms with E-state index in [1.165, 1.54) is 18.2 Å². The lowest BCUT2D eigenvalue weighted by atomic mass is 10.0. The number of likely N-dealkylation sites (N-methyl/N-ethyl adjacent to an activating group) is 1. The SMILES string of the molecule is CCc1cc(C)c(OCc2c(Br)cccc2C(=O)C(=O)NC)cc1C. The van der Waals surface area contributed by atoms with E-state index in [2.05, 4.69) is 41.2 Å². The number of amides is 1. The Balaban J connectivity index is 2.31. The number of halogens is 1. The molecule has 2 aromatic carbocycles. The Kier molecular flexibility index (Phi) is 6.37. The summed E-state index contributed by atoms with van der Waals surface area (Å²) in [5.41, 5.74) is 4.52. The molecule has 0 saturated carbocycles. The first kappa shape index (κ1) is 19.2. The van der Waals surface area contributed by atoms with Crippen LogP contribution in [-0.2, 0) is 17.8 Å². The van der Waals surface area contributed by atoms with E-state index in [4.69, 9.17) is 4.74 Å². The van der Waals surface area contributed by atoms with Gasteiger partial charge in [-0.2, -0.15) is 0 Å². The molecular formula is C20H22BrNO3. The fraction of sp³-hybridized carbons (Fsp3) is 0.300. The molecule has 5 heteroatoms. The van der Waals surface area contributed by atoms with Crippen LogP contribution < -0.4 is 10.1 Å². The molecule has 0 aromatic heterocycles. The first-order valence-corrected chi connectivity index (χ1v) is 8.95. The summed E-state index contributed by atoms with van der Waals surface area (Å²) < 4.78 is 6.71. The summed E-state index contributed by atoms with van der Waals surface area (Å²) in [6.07, 6.45) is 0.974. The lowest BCUT2D eigenvalue weighted by Gasteiger charge is -2.15. The topological polar surface area (TPSA) is 55.4 Å². The van der Waals surface area contributed by atoms with Crippen LogP contribution in [0.4, 0.5) is 0 Å². The van der Waals surface area contributed by atoms with Crippen molar-refractivity contribution in [2.45, 2.75) is 33.8 Å². The van der Waals surface area contributed by atoms with E-state index >= 15 is 0 Å². The molecule has 0 aliphatic carbocycles. The van der Waals surface area contributed by atoms with Crippen LogP contribution in [0.5, 0.6) is 5.75 Å². The third-order valence-corrected chi connectivity index (χ3v) is 4.93. The van der Waals surface area contributed by atoms with Crippen molar-refractivity contribution >= 4 is 27.6 Å². The highest BCUT2D eigenvalue weighted by Crippen LogP contribution is 2.27. The number of nitrogens with one attached hydrogen (secondary N) is 1. The fourth-order valence-corrected chi connectivity index (χ4v) is 3.17. The van der Waals surface area contributed by atoms with Gasteiger partial charge in [-0.25, -0.2) is 0 Å². The number of carbonyl (C=O) groups excluding carboxylic acids is 2. The summed E-state index contributed by atoms with van der Waals surface area (Å²) in [5.74, 6) is -0.431. The lowest BCUT2D eigenvalue weighted by molar-refractivity contribution is -0.116. The molecule has 132 valence electrons. The highest BCUT2D eigenvalue weighted by atomic mass is 79.9. The van der Waals surface area contributed by atoms with Crippen molar-refractivity contribution in [3.63, 3.8) is 0 Å². The van der Waals surface area contributed by atoms with Gasteiger partial charge >= 0.3 is 0 Å². The smallest absolute Gasteiger partial charge is 0.292 e. The van der Waals surface area contributed by atoms with E-state index in [0.29, 0.717) is 11.1 Å². The average molecular weight is 404 g/mol. The average Bonchev–Trinajstić information content (AvgIpc) is 2.61. The van der Waals surface area contributed by atoms with Gasteiger partial charge in [-0.05, 0) is 49.1 Å². The predicted octanol–water partition coefficient (Wildman–Crippen LogP) is 4.14. The van der Waals surface area contributed by atoms with E-state index in [0.717, 1.165) is 22.2 Å². The van der Waals surface area contributed by atoms with Gasteiger partial charge in [0.15, 0.2) is 0 Å². The van der Waals surface area contributed by atoms with Crippen LogP contribution in [0.25, 0.3) is 0 Å². The second kappa shape index (κ2) is 8.30. The second-order valence-electron chi connectivity index (χ2n) is 5.86. The number of carbonyl (C=O) groups is 2. The maximum atomic E-state index is 12.3. The van der Waals surface area contributed by atoms with Crippen molar-refractivity contribution in [2.24, 2.45) is 0 Å².